The van der Waals surface area contributed by atoms with E-state index in [0.29, 0.717) is 13.0 Å². The van der Waals surface area contributed by atoms with Gasteiger partial charge in [-0.1, -0.05) is 42.8 Å². The van der Waals surface area contributed by atoms with Crippen LogP contribution in [0.4, 0.5) is 0 Å². The maximum atomic E-state index is 10.7. The Morgan fingerprint density at radius 3 is 2.34 bits per heavy atom. The molecule has 2 aromatic rings. The first-order chi connectivity index (χ1) is 14.2. The number of hydrogen-bond donors (Lipinski definition) is 1. The summed E-state index contributed by atoms with van der Waals surface area (Å²) in [5.41, 5.74) is 6.78. The molecule has 2 aliphatic rings. The summed E-state index contributed by atoms with van der Waals surface area (Å²) in [6.07, 6.45) is 9.42. The van der Waals surface area contributed by atoms with Crippen LogP contribution in [0.1, 0.15) is 74.0 Å². The zero-order valence-electron chi connectivity index (χ0n) is 17.0. The van der Waals surface area contributed by atoms with E-state index in [1.807, 2.05) is 24.3 Å². The normalized spacial score (nSPS) is 17.1. The van der Waals surface area contributed by atoms with Gasteiger partial charge in [-0.05, 0) is 90.8 Å². The van der Waals surface area contributed by atoms with Crippen LogP contribution in [0, 0.1) is 0 Å². The minimum absolute atomic E-state index is 0.163. The number of aryl methyl sites for hydroxylation is 1. The van der Waals surface area contributed by atoms with Crippen molar-refractivity contribution in [2.24, 2.45) is 0 Å². The molecule has 1 N–H and O–H groups in total. The molecule has 3 heteroatoms. The molecule has 152 valence electrons. The van der Waals surface area contributed by atoms with Crippen LogP contribution in [0.15, 0.2) is 54.1 Å². The first-order valence-electron chi connectivity index (χ1n) is 10.9. The number of carbonyl (C=O) groups is 1. The van der Waals surface area contributed by atoms with E-state index in [-0.39, 0.29) is 6.42 Å². The van der Waals surface area contributed by atoms with Crippen LogP contribution in [-0.2, 0) is 11.2 Å². The smallest absolute Gasteiger partial charge is 0.303 e. The molecule has 0 amide bonds. The number of aliphatic carboxylic acids is 1. The van der Waals surface area contributed by atoms with E-state index in [1.165, 1.54) is 54.4 Å². The van der Waals surface area contributed by atoms with Gasteiger partial charge in [0.15, 0.2) is 0 Å². The van der Waals surface area contributed by atoms with Crippen molar-refractivity contribution in [3.05, 3.63) is 70.8 Å². The number of benzene rings is 2. The van der Waals surface area contributed by atoms with Crippen molar-refractivity contribution in [3.63, 3.8) is 0 Å². The van der Waals surface area contributed by atoms with Crippen molar-refractivity contribution < 1.29 is 14.6 Å². The van der Waals surface area contributed by atoms with Gasteiger partial charge in [-0.3, -0.25) is 4.79 Å². The van der Waals surface area contributed by atoms with Crippen LogP contribution in [-0.4, -0.2) is 17.7 Å². The minimum Gasteiger partial charge on any atom is -0.489 e. The SMILES string of the molecule is O=C(O)CCc1ccc(OCC2=C(c3ccc(C4CC4)cc3)CCCCC2)cc1. The molecule has 0 spiro atoms. The predicted molar refractivity (Wildman–Crippen MR) is 116 cm³/mol. The summed E-state index contributed by atoms with van der Waals surface area (Å²) >= 11 is 0. The van der Waals surface area contributed by atoms with Gasteiger partial charge in [0.1, 0.15) is 12.4 Å². The first-order valence-corrected chi connectivity index (χ1v) is 10.9. The van der Waals surface area contributed by atoms with E-state index in [2.05, 4.69) is 24.3 Å². The van der Waals surface area contributed by atoms with E-state index in [1.54, 1.807) is 0 Å². The highest BCUT2D eigenvalue weighted by Gasteiger charge is 2.23. The summed E-state index contributed by atoms with van der Waals surface area (Å²) in [7, 11) is 0. The standard InChI is InChI=1S/C26H30O3/c27-26(28)17-8-19-6-15-24(16-7-19)29-18-23-4-2-1-3-5-25(23)22-13-11-21(12-14-22)20-9-10-20/h6-7,11-16,20H,1-5,8-10,17-18H2,(H,27,28). The van der Waals surface area contributed by atoms with Crippen LogP contribution in [0.5, 0.6) is 5.75 Å². The van der Waals surface area contributed by atoms with Crippen molar-refractivity contribution in [1.29, 1.82) is 0 Å². The molecule has 0 saturated heterocycles. The molecule has 0 aliphatic heterocycles. The van der Waals surface area contributed by atoms with Gasteiger partial charge in [-0.15, -0.1) is 0 Å². The molecule has 0 bridgehead atoms. The van der Waals surface area contributed by atoms with Crippen LogP contribution in [0.25, 0.3) is 5.57 Å². The van der Waals surface area contributed by atoms with E-state index >= 15 is 0 Å². The van der Waals surface area contributed by atoms with Gasteiger partial charge >= 0.3 is 5.97 Å². The number of allylic oxidation sites excluding steroid dienone is 1. The number of carboxylic acids is 1. The molecule has 1 saturated carbocycles. The van der Waals surface area contributed by atoms with E-state index in [4.69, 9.17) is 9.84 Å². The molecule has 4 rings (SSSR count). The zero-order chi connectivity index (χ0) is 20.1. The lowest BCUT2D eigenvalue weighted by Gasteiger charge is -2.15. The fraction of sp³-hybridized carbons (Fsp3) is 0.423. The van der Waals surface area contributed by atoms with Crippen LogP contribution >= 0.6 is 0 Å². The van der Waals surface area contributed by atoms with Crippen molar-refractivity contribution in [2.75, 3.05) is 6.61 Å². The number of hydrogen-bond acceptors (Lipinski definition) is 2. The molecule has 0 heterocycles. The third-order valence-corrected chi connectivity index (χ3v) is 6.10. The monoisotopic (exact) mass is 390 g/mol. The van der Waals surface area contributed by atoms with E-state index in [0.717, 1.165) is 30.1 Å². The largest absolute Gasteiger partial charge is 0.489 e. The Hall–Kier alpha value is -2.55. The summed E-state index contributed by atoms with van der Waals surface area (Å²) in [5, 5.41) is 8.82. The molecule has 0 aromatic heterocycles. The van der Waals surface area contributed by atoms with Crippen molar-refractivity contribution >= 4 is 11.5 Å². The summed E-state index contributed by atoms with van der Waals surface area (Å²) in [4.78, 5) is 10.7. The molecule has 29 heavy (non-hydrogen) atoms. The summed E-state index contributed by atoms with van der Waals surface area (Å²) in [6, 6.07) is 17.1. The average Bonchev–Trinajstić information content (AvgIpc) is 3.59. The zero-order valence-corrected chi connectivity index (χ0v) is 17.0. The molecule has 0 unspecified atom stereocenters. The molecular formula is C26H30O3. The Bertz CT molecular complexity index is 858. The lowest BCUT2D eigenvalue weighted by atomic mass is 9.95. The second kappa shape index (κ2) is 9.30. The summed E-state index contributed by atoms with van der Waals surface area (Å²) < 4.78 is 6.13. The van der Waals surface area contributed by atoms with Gasteiger partial charge in [-0.25, -0.2) is 0 Å². The number of rotatable bonds is 8. The highest BCUT2D eigenvalue weighted by molar-refractivity contribution is 5.69. The molecular weight excluding hydrogens is 360 g/mol. The molecule has 2 aromatic carbocycles. The Morgan fingerprint density at radius 2 is 1.66 bits per heavy atom. The van der Waals surface area contributed by atoms with Crippen molar-refractivity contribution in [2.45, 2.75) is 63.7 Å². The number of ether oxygens (including phenoxy) is 1. The second-order valence-corrected chi connectivity index (χ2v) is 8.37. The lowest BCUT2D eigenvalue weighted by molar-refractivity contribution is -0.136. The maximum absolute atomic E-state index is 10.7. The van der Waals surface area contributed by atoms with Gasteiger partial charge in [0.25, 0.3) is 0 Å². The van der Waals surface area contributed by atoms with E-state index in [9.17, 15) is 4.79 Å². The molecule has 2 aliphatic carbocycles. The fourth-order valence-corrected chi connectivity index (χ4v) is 4.20. The van der Waals surface area contributed by atoms with Crippen molar-refractivity contribution in [1.82, 2.24) is 0 Å². The topological polar surface area (TPSA) is 46.5 Å². The third kappa shape index (κ3) is 5.50. The summed E-state index contributed by atoms with van der Waals surface area (Å²) in [6.45, 7) is 0.633. The minimum atomic E-state index is -0.761. The van der Waals surface area contributed by atoms with E-state index < -0.39 is 5.97 Å². The average molecular weight is 391 g/mol. The maximum Gasteiger partial charge on any atom is 0.303 e. The second-order valence-electron chi connectivity index (χ2n) is 8.37. The van der Waals surface area contributed by atoms with Gasteiger partial charge in [-0.2, -0.15) is 0 Å². The van der Waals surface area contributed by atoms with Crippen LogP contribution in [0.3, 0.4) is 0 Å². The quantitative estimate of drug-likeness (QED) is 0.569. The number of carboxylic acid groups (broad SMARTS) is 1. The lowest BCUT2D eigenvalue weighted by Crippen LogP contribution is -2.04. The van der Waals surface area contributed by atoms with Crippen LogP contribution < -0.4 is 4.74 Å². The highest BCUT2D eigenvalue weighted by Crippen LogP contribution is 2.41. The fourth-order valence-electron chi connectivity index (χ4n) is 4.20. The highest BCUT2D eigenvalue weighted by atomic mass is 16.5. The Balaban J connectivity index is 1.44. The Kier molecular flexibility index (Phi) is 6.33. The van der Waals surface area contributed by atoms with Gasteiger partial charge in [0, 0.05) is 6.42 Å². The Labute approximate surface area is 173 Å². The van der Waals surface area contributed by atoms with Crippen molar-refractivity contribution in [3.8, 4) is 5.75 Å². The molecule has 1 fully saturated rings. The van der Waals surface area contributed by atoms with Gasteiger partial charge in [0.05, 0.1) is 0 Å². The Morgan fingerprint density at radius 1 is 0.931 bits per heavy atom. The van der Waals surface area contributed by atoms with Gasteiger partial charge < -0.3 is 9.84 Å². The van der Waals surface area contributed by atoms with Crippen LogP contribution in [0.2, 0.25) is 0 Å². The first kappa shape index (κ1) is 19.8. The molecule has 0 radical (unpaired) electrons. The molecule has 0 atom stereocenters. The summed E-state index contributed by atoms with van der Waals surface area (Å²) in [5.74, 6) is 0.890. The third-order valence-electron chi connectivity index (χ3n) is 6.10. The van der Waals surface area contributed by atoms with Gasteiger partial charge in [0.2, 0.25) is 0 Å². The molecule has 3 nitrogen and oxygen atoms in total. The predicted octanol–water partition coefficient (Wildman–Crippen LogP) is 6.38.